The zero-order valence-corrected chi connectivity index (χ0v) is 11.0. The lowest BCUT2D eigenvalue weighted by Gasteiger charge is -2.32. The highest BCUT2D eigenvalue weighted by Gasteiger charge is 2.19. The summed E-state index contributed by atoms with van der Waals surface area (Å²) in [5.41, 5.74) is 1.22. The maximum absolute atomic E-state index is 13.4. The standard InChI is InChI=1S/C15H19FN2O/c16-15-7-13(9-17)6-14(8-15)11-18-4-1-2-12(10-18)3-5-19/h6-8,12,19H,1-5,10-11H2. The van der Waals surface area contributed by atoms with Gasteiger partial charge in [0.1, 0.15) is 5.82 Å². The first kappa shape index (κ1) is 14.0. The summed E-state index contributed by atoms with van der Waals surface area (Å²) in [5.74, 6) is 0.181. The summed E-state index contributed by atoms with van der Waals surface area (Å²) in [6.07, 6.45) is 3.11. The highest BCUT2D eigenvalue weighted by atomic mass is 19.1. The molecule has 0 radical (unpaired) electrons. The SMILES string of the molecule is N#Cc1cc(F)cc(CN2CCCC(CCO)C2)c1. The molecule has 0 aliphatic carbocycles. The van der Waals surface area contributed by atoms with E-state index < -0.39 is 0 Å². The maximum atomic E-state index is 13.4. The van der Waals surface area contributed by atoms with Crippen molar-refractivity contribution in [3.8, 4) is 6.07 Å². The molecule has 102 valence electrons. The average Bonchev–Trinajstić information content (AvgIpc) is 2.39. The maximum Gasteiger partial charge on any atom is 0.124 e. The molecule has 1 atom stereocenters. The zero-order valence-electron chi connectivity index (χ0n) is 11.0. The number of aliphatic hydroxyl groups is 1. The summed E-state index contributed by atoms with van der Waals surface area (Å²) < 4.78 is 13.4. The fourth-order valence-electron chi connectivity index (χ4n) is 2.78. The topological polar surface area (TPSA) is 47.3 Å². The van der Waals surface area contributed by atoms with Crippen LogP contribution >= 0.6 is 0 Å². The molecule has 1 unspecified atom stereocenters. The molecule has 0 amide bonds. The molecule has 19 heavy (non-hydrogen) atoms. The van der Waals surface area contributed by atoms with E-state index in [1.54, 1.807) is 6.07 Å². The Balaban J connectivity index is 2.00. The lowest BCUT2D eigenvalue weighted by Crippen LogP contribution is -2.35. The van der Waals surface area contributed by atoms with Gasteiger partial charge in [0.15, 0.2) is 0 Å². The van der Waals surface area contributed by atoms with Gasteiger partial charge in [-0.3, -0.25) is 4.90 Å². The third-order valence-electron chi connectivity index (χ3n) is 3.63. The molecule has 2 rings (SSSR count). The van der Waals surface area contributed by atoms with Crippen LogP contribution in [0, 0.1) is 23.1 Å². The van der Waals surface area contributed by atoms with Crippen LogP contribution in [0.2, 0.25) is 0 Å². The van der Waals surface area contributed by atoms with Crippen LogP contribution in [0.25, 0.3) is 0 Å². The van der Waals surface area contributed by atoms with Gasteiger partial charge in [-0.2, -0.15) is 5.26 Å². The lowest BCUT2D eigenvalue weighted by atomic mass is 9.95. The van der Waals surface area contributed by atoms with Crippen LogP contribution in [0.3, 0.4) is 0 Å². The van der Waals surface area contributed by atoms with E-state index in [4.69, 9.17) is 10.4 Å². The smallest absolute Gasteiger partial charge is 0.124 e. The second-order valence-electron chi connectivity index (χ2n) is 5.22. The van der Waals surface area contributed by atoms with Gasteiger partial charge >= 0.3 is 0 Å². The molecule has 1 aliphatic rings. The minimum Gasteiger partial charge on any atom is -0.396 e. The third-order valence-corrected chi connectivity index (χ3v) is 3.63. The van der Waals surface area contributed by atoms with E-state index in [-0.39, 0.29) is 12.4 Å². The number of aliphatic hydroxyl groups excluding tert-OH is 1. The summed E-state index contributed by atoms with van der Waals surface area (Å²) in [6, 6.07) is 6.49. The van der Waals surface area contributed by atoms with Crippen molar-refractivity contribution in [1.29, 1.82) is 5.26 Å². The van der Waals surface area contributed by atoms with Gasteiger partial charge in [-0.1, -0.05) is 0 Å². The van der Waals surface area contributed by atoms with E-state index in [1.165, 1.54) is 12.1 Å². The van der Waals surface area contributed by atoms with Crippen molar-refractivity contribution >= 4 is 0 Å². The van der Waals surface area contributed by atoms with Crippen LogP contribution in [-0.4, -0.2) is 29.7 Å². The Morgan fingerprint density at radius 2 is 2.26 bits per heavy atom. The molecule has 1 aromatic rings. The summed E-state index contributed by atoms with van der Waals surface area (Å²) in [5, 5.41) is 17.8. The number of benzene rings is 1. The molecule has 0 saturated carbocycles. The van der Waals surface area contributed by atoms with Crippen LogP contribution in [0.5, 0.6) is 0 Å². The third kappa shape index (κ3) is 4.02. The van der Waals surface area contributed by atoms with Crippen molar-refractivity contribution < 1.29 is 9.50 Å². The van der Waals surface area contributed by atoms with Crippen LogP contribution in [0.15, 0.2) is 18.2 Å². The van der Waals surface area contributed by atoms with Gasteiger partial charge in [-0.15, -0.1) is 0 Å². The predicted octanol–water partition coefficient (Wildman–Crippen LogP) is 2.29. The largest absolute Gasteiger partial charge is 0.396 e. The fraction of sp³-hybridized carbons (Fsp3) is 0.533. The summed E-state index contributed by atoms with van der Waals surface area (Å²) in [4.78, 5) is 2.28. The fourth-order valence-corrected chi connectivity index (χ4v) is 2.78. The Bertz CT molecular complexity index is 468. The highest BCUT2D eigenvalue weighted by molar-refractivity contribution is 5.33. The van der Waals surface area contributed by atoms with Crippen LogP contribution < -0.4 is 0 Å². The van der Waals surface area contributed by atoms with Crippen molar-refractivity contribution in [3.63, 3.8) is 0 Å². The number of piperidine rings is 1. The van der Waals surface area contributed by atoms with E-state index in [0.29, 0.717) is 18.0 Å². The first-order valence-electron chi connectivity index (χ1n) is 6.74. The van der Waals surface area contributed by atoms with E-state index in [9.17, 15) is 4.39 Å². The minimum atomic E-state index is -0.349. The number of likely N-dealkylation sites (tertiary alicyclic amines) is 1. The summed E-state index contributed by atoms with van der Waals surface area (Å²) >= 11 is 0. The Morgan fingerprint density at radius 1 is 1.42 bits per heavy atom. The van der Waals surface area contributed by atoms with Gasteiger partial charge in [0.05, 0.1) is 11.6 Å². The number of nitrogens with zero attached hydrogens (tertiary/aromatic N) is 2. The molecule has 3 nitrogen and oxygen atoms in total. The molecule has 1 fully saturated rings. The van der Waals surface area contributed by atoms with E-state index in [1.807, 2.05) is 6.07 Å². The summed E-state index contributed by atoms with van der Waals surface area (Å²) in [6.45, 7) is 2.85. The minimum absolute atomic E-state index is 0.233. The van der Waals surface area contributed by atoms with Crippen molar-refractivity contribution in [1.82, 2.24) is 4.90 Å². The van der Waals surface area contributed by atoms with Gasteiger partial charge in [-0.05, 0) is 55.5 Å². The van der Waals surface area contributed by atoms with Crippen LogP contribution in [0.1, 0.15) is 30.4 Å². The molecule has 4 heteroatoms. The van der Waals surface area contributed by atoms with Crippen molar-refractivity contribution in [2.24, 2.45) is 5.92 Å². The van der Waals surface area contributed by atoms with Gasteiger partial charge in [0.25, 0.3) is 0 Å². The monoisotopic (exact) mass is 262 g/mol. The average molecular weight is 262 g/mol. The van der Waals surface area contributed by atoms with Gasteiger partial charge < -0.3 is 5.11 Å². The zero-order chi connectivity index (χ0) is 13.7. The molecule has 1 heterocycles. The van der Waals surface area contributed by atoms with Crippen LogP contribution in [0.4, 0.5) is 4.39 Å². The number of halogens is 1. The molecule has 0 bridgehead atoms. The molecule has 1 N–H and O–H groups in total. The van der Waals surface area contributed by atoms with E-state index >= 15 is 0 Å². The molecule has 0 spiro atoms. The molecule has 1 aliphatic heterocycles. The second-order valence-corrected chi connectivity index (χ2v) is 5.22. The van der Waals surface area contributed by atoms with Crippen molar-refractivity contribution in [2.75, 3.05) is 19.7 Å². The molecule has 1 aromatic carbocycles. The van der Waals surface area contributed by atoms with E-state index in [0.717, 1.165) is 37.9 Å². The highest BCUT2D eigenvalue weighted by Crippen LogP contribution is 2.21. The van der Waals surface area contributed by atoms with Gasteiger partial charge in [0.2, 0.25) is 0 Å². The van der Waals surface area contributed by atoms with Gasteiger partial charge in [0, 0.05) is 19.7 Å². The Kier molecular flexibility index (Phi) is 4.89. The summed E-state index contributed by atoms with van der Waals surface area (Å²) in [7, 11) is 0. The van der Waals surface area contributed by atoms with Crippen molar-refractivity contribution in [3.05, 3.63) is 35.1 Å². The first-order valence-corrected chi connectivity index (χ1v) is 6.74. The first-order chi connectivity index (χ1) is 9.21. The number of hydrogen-bond acceptors (Lipinski definition) is 3. The Hall–Kier alpha value is -1.44. The normalized spacial score (nSPS) is 20.2. The van der Waals surface area contributed by atoms with Crippen LogP contribution in [-0.2, 0) is 6.54 Å². The quantitative estimate of drug-likeness (QED) is 0.905. The van der Waals surface area contributed by atoms with E-state index in [2.05, 4.69) is 4.90 Å². The number of hydrogen-bond donors (Lipinski definition) is 1. The molecular weight excluding hydrogens is 243 g/mol. The Morgan fingerprint density at radius 3 is 3.00 bits per heavy atom. The van der Waals surface area contributed by atoms with Gasteiger partial charge in [-0.25, -0.2) is 4.39 Å². The Labute approximate surface area is 113 Å². The number of nitriles is 1. The lowest BCUT2D eigenvalue weighted by molar-refractivity contribution is 0.142. The molecular formula is C15H19FN2O. The predicted molar refractivity (Wildman–Crippen MR) is 70.8 cm³/mol. The molecule has 1 saturated heterocycles. The number of rotatable bonds is 4. The second kappa shape index (κ2) is 6.65. The van der Waals surface area contributed by atoms with Crippen molar-refractivity contribution in [2.45, 2.75) is 25.8 Å². The molecule has 0 aromatic heterocycles.